The molecule has 1 amide bonds. The van der Waals surface area contributed by atoms with Crippen LogP contribution in [-0.4, -0.2) is 47.9 Å². The summed E-state index contributed by atoms with van der Waals surface area (Å²) in [4.78, 5) is 30.9. The number of amides is 1. The molecule has 0 radical (unpaired) electrons. The SMILES string of the molecule is Cc1nc2c(cc1C(=O)N1CCC(COc3ccc(F)cc3Cl)CC1)CC(=O)CO2. The molecule has 0 aliphatic carbocycles. The lowest BCUT2D eigenvalue weighted by atomic mass is 9.96. The number of rotatable bonds is 4. The second-order valence-electron chi connectivity index (χ2n) is 7.71. The van der Waals surface area contributed by atoms with Crippen molar-refractivity contribution >= 4 is 23.3 Å². The summed E-state index contributed by atoms with van der Waals surface area (Å²) in [6.07, 6.45) is 1.83. The van der Waals surface area contributed by atoms with Gasteiger partial charge in [-0.05, 0) is 49.9 Å². The van der Waals surface area contributed by atoms with E-state index in [4.69, 9.17) is 21.1 Å². The number of hydrogen-bond acceptors (Lipinski definition) is 5. The first kappa shape index (κ1) is 20.6. The Morgan fingerprint density at radius 2 is 2.10 bits per heavy atom. The Balaban J connectivity index is 1.35. The summed E-state index contributed by atoms with van der Waals surface area (Å²) in [5.74, 6) is 0.685. The molecule has 8 heteroatoms. The number of aromatic nitrogens is 1. The van der Waals surface area contributed by atoms with Gasteiger partial charge in [-0.1, -0.05) is 11.6 Å². The number of pyridine rings is 1. The van der Waals surface area contributed by atoms with Crippen molar-refractivity contribution in [3.05, 3.63) is 51.9 Å². The number of nitrogens with zero attached hydrogens (tertiary/aromatic N) is 2. The predicted molar refractivity (Wildman–Crippen MR) is 109 cm³/mol. The molecule has 1 fully saturated rings. The summed E-state index contributed by atoms with van der Waals surface area (Å²) in [5, 5.41) is 0.250. The molecule has 1 aromatic carbocycles. The van der Waals surface area contributed by atoms with E-state index in [0.29, 0.717) is 48.1 Å². The van der Waals surface area contributed by atoms with Crippen molar-refractivity contribution < 1.29 is 23.5 Å². The van der Waals surface area contributed by atoms with Crippen molar-refractivity contribution in [2.24, 2.45) is 5.92 Å². The standard InChI is InChI=1S/C22H22ClFN2O4/c1-13-18(9-15-8-17(27)12-30-21(15)25-13)22(28)26-6-4-14(5-7-26)11-29-20-3-2-16(24)10-19(20)23/h2-3,9-10,14H,4-8,11-12H2,1H3. The number of halogens is 2. The molecule has 1 saturated heterocycles. The number of carbonyl (C=O) groups excluding carboxylic acids is 2. The van der Waals surface area contributed by atoms with Crippen LogP contribution in [0, 0.1) is 18.7 Å². The number of Topliss-reactive ketones (excluding diaryl/α,β-unsaturated/α-hetero) is 1. The first-order valence-corrected chi connectivity index (χ1v) is 10.3. The van der Waals surface area contributed by atoms with Crippen LogP contribution < -0.4 is 9.47 Å². The average Bonchev–Trinajstić information content (AvgIpc) is 2.73. The van der Waals surface area contributed by atoms with E-state index in [1.165, 1.54) is 18.2 Å². The lowest BCUT2D eigenvalue weighted by Crippen LogP contribution is -2.40. The van der Waals surface area contributed by atoms with Gasteiger partial charge in [0.05, 0.1) is 22.9 Å². The number of ketones is 1. The summed E-state index contributed by atoms with van der Waals surface area (Å²) in [7, 11) is 0. The zero-order valence-electron chi connectivity index (χ0n) is 16.6. The number of likely N-dealkylation sites (tertiary alicyclic amines) is 1. The van der Waals surface area contributed by atoms with Gasteiger partial charge in [-0.2, -0.15) is 0 Å². The molecule has 1 aromatic heterocycles. The molecule has 0 atom stereocenters. The Labute approximate surface area is 178 Å². The normalized spacial score (nSPS) is 16.8. The van der Waals surface area contributed by atoms with E-state index in [1.54, 1.807) is 13.0 Å². The zero-order chi connectivity index (χ0) is 21.3. The maximum Gasteiger partial charge on any atom is 0.255 e. The van der Waals surface area contributed by atoms with E-state index >= 15 is 0 Å². The van der Waals surface area contributed by atoms with Gasteiger partial charge in [0.25, 0.3) is 5.91 Å². The van der Waals surface area contributed by atoms with Gasteiger partial charge in [-0.3, -0.25) is 9.59 Å². The van der Waals surface area contributed by atoms with Gasteiger partial charge in [0.1, 0.15) is 18.2 Å². The molecule has 0 bridgehead atoms. The Kier molecular flexibility index (Phi) is 5.90. The van der Waals surface area contributed by atoms with Crippen LogP contribution in [0.2, 0.25) is 5.02 Å². The Bertz CT molecular complexity index is 989. The zero-order valence-corrected chi connectivity index (χ0v) is 17.4. The minimum atomic E-state index is -0.401. The maximum absolute atomic E-state index is 13.1. The topological polar surface area (TPSA) is 68.7 Å². The third-order valence-corrected chi connectivity index (χ3v) is 5.81. The van der Waals surface area contributed by atoms with E-state index in [-0.39, 0.29) is 35.7 Å². The molecule has 2 aliphatic heterocycles. The molecule has 0 saturated carbocycles. The third-order valence-electron chi connectivity index (χ3n) is 5.51. The fraction of sp³-hybridized carbons (Fsp3) is 0.409. The number of carbonyl (C=O) groups is 2. The maximum atomic E-state index is 13.1. The minimum Gasteiger partial charge on any atom is -0.492 e. The van der Waals surface area contributed by atoms with E-state index in [0.717, 1.165) is 12.8 Å². The average molecular weight is 433 g/mol. The quantitative estimate of drug-likeness (QED) is 0.738. The van der Waals surface area contributed by atoms with Crippen molar-refractivity contribution in [2.75, 3.05) is 26.3 Å². The second kappa shape index (κ2) is 8.60. The van der Waals surface area contributed by atoms with Gasteiger partial charge < -0.3 is 14.4 Å². The predicted octanol–water partition coefficient (Wildman–Crippen LogP) is 3.62. The first-order chi connectivity index (χ1) is 14.4. The summed E-state index contributed by atoms with van der Waals surface area (Å²) in [5.41, 5.74) is 1.78. The number of hydrogen-bond donors (Lipinski definition) is 0. The van der Waals surface area contributed by atoms with E-state index in [1.807, 2.05) is 4.90 Å². The van der Waals surface area contributed by atoms with E-state index < -0.39 is 5.82 Å². The lowest BCUT2D eigenvalue weighted by Gasteiger charge is -2.32. The first-order valence-electron chi connectivity index (χ1n) is 9.93. The van der Waals surface area contributed by atoms with Gasteiger partial charge in [-0.25, -0.2) is 9.37 Å². The monoisotopic (exact) mass is 432 g/mol. The van der Waals surface area contributed by atoms with Crippen molar-refractivity contribution in [2.45, 2.75) is 26.2 Å². The Morgan fingerprint density at radius 1 is 1.33 bits per heavy atom. The van der Waals surface area contributed by atoms with Gasteiger partial charge in [0, 0.05) is 25.1 Å². The fourth-order valence-electron chi connectivity index (χ4n) is 3.78. The van der Waals surface area contributed by atoms with Gasteiger partial charge in [-0.15, -0.1) is 0 Å². The molecule has 4 rings (SSSR count). The second-order valence-corrected chi connectivity index (χ2v) is 8.12. The molecule has 158 valence electrons. The number of benzene rings is 1. The summed E-state index contributed by atoms with van der Waals surface area (Å²) in [6.45, 7) is 3.49. The largest absolute Gasteiger partial charge is 0.492 e. The smallest absolute Gasteiger partial charge is 0.255 e. The molecular formula is C22H22ClFN2O4. The highest BCUT2D eigenvalue weighted by Gasteiger charge is 2.28. The molecule has 0 spiro atoms. The lowest BCUT2D eigenvalue weighted by molar-refractivity contribution is -0.121. The molecule has 30 heavy (non-hydrogen) atoms. The van der Waals surface area contributed by atoms with Crippen LogP contribution in [0.25, 0.3) is 0 Å². The number of ether oxygens (including phenoxy) is 2. The van der Waals surface area contributed by atoms with E-state index in [9.17, 15) is 14.0 Å². The van der Waals surface area contributed by atoms with Gasteiger partial charge in [0.15, 0.2) is 5.78 Å². The van der Waals surface area contributed by atoms with Crippen molar-refractivity contribution in [1.82, 2.24) is 9.88 Å². The summed E-state index contributed by atoms with van der Waals surface area (Å²) < 4.78 is 24.2. The molecule has 6 nitrogen and oxygen atoms in total. The number of aryl methyl sites for hydroxylation is 1. The van der Waals surface area contributed by atoms with Crippen LogP contribution in [0.5, 0.6) is 11.6 Å². The molecule has 0 N–H and O–H groups in total. The highest BCUT2D eigenvalue weighted by Crippen LogP contribution is 2.28. The minimum absolute atomic E-state index is 0.0198. The van der Waals surface area contributed by atoms with Crippen LogP contribution in [0.4, 0.5) is 4.39 Å². The number of fused-ring (bicyclic) bond motifs is 1. The molecule has 2 aromatic rings. The summed E-state index contributed by atoms with van der Waals surface area (Å²) in [6, 6.07) is 5.81. The van der Waals surface area contributed by atoms with Gasteiger partial charge in [0.2, 0.25) is 5.88 Å². The van der Waals surface area contributed by atoms with Crippen molar-refractivity contribution in [3.63, 3.8) is 0 Å². The van der Waals surface area contributed by atoms with Gasteiger partial charge >= 0.3 is 0 Å². The summed E-state index contributed by atoms with van der Waals surface area (Å²) >= 11 is 6.00. The molecule has 3 heterocycles. The van der Waals surface area contributed by atoms with Crippen LogP contribution in [0.3, 0.4) is 0 Å². The van der Waals surface area contributed by atoms with Crippen LogP contribution in [0.15, 0.2) is 24.3 Å². The Morgan fingerprint density at radius 3 is 2.83 bits per heavy atom. The third kappa shape index (κ3) is 4.41. The fourth-order valence-corrected chi connectivity index (χ4v) is 4.00. The van der Waals surface area contributed by atoms with Crippen LogP contribution in [-0.2, 0) is 11.2 Å². The van der Waals surface area contributed by atoms with E-state index in [2.05, 4.69) is 4.98 Å². The number of piperidine rings is 1. The van der Waals surface area contributed by atoms with Crippen molar-refractivity contribution in [1.29, 1.82) is 0 Å². The van der Waals surface area contributed by atoms with Crippen LogP contribution >= 0.6 is 11.6 Å². The highest BCUT2D eigenvalue weighted by atomic mass is 35.5. The Hall–Kier alpha value is -2.67. The molecule has 2 aliphatic rings. The molecular weight excluding hydrogens is 411 g/mol. The van der Waals surface area contributed by atoms with Crippen LogP contribution in [0.1, 0.15) is 34.5 Å². The molecule has 0 unspecified atom stereocenters. The van der Waals surface area contributed by atoms with Crippen molar-refractivity contribution in [3.8, 4) is 11.6 Å². The highest BCUT2D eigenvalue weighted by molar-refractivity contribution is 6.32.